The van der Waals surface area contributed by atoms with Crippen molar-refractivity contribution in [3.63, 3.8) is 0 Å². The fraction of sp³-hybridized carbons (Fsp3) is 0. The van der Waals surface area contributed by atoms with Gasteiger partial charge >= 0.3 is 216 Å². The minimum absolute atomic E-state index is 0. The van der Waals surface area contributed by atoms with Gasteiger partial charge in [-0.05, 0) is 0 Å². The molecule has 0 saturated carbocycles. The minimum atomic E-state index is -5.62. The van der Waals surface area contributed by atoms with Crippen molar-refractivity contribution < 1.29 is 216 Å². The van der Waals surface area contributed by atoms with E-state index in [4.69, 9.17) is 78.5 Å². The van der Waals surface area contributed by atoms with Gasteiger partial charge in [-0.1, -0.05) is 0 Å². The average molecular weight is 682 g/mol. The van der Waals surface area contributed by atoms with Gasteiger partial charge in [0.25, 0.3) is 0 Å². The van der Waals surface area contributed by atoms with Crippen molar-refractivity contribution in [2.45, 2.75) is 0 Å². The van der Waals surface area contributed by atoms with E-state index >= 15 is 0 Å². The van der Waals surface area contributed by atoms with E-state index in [-0.39, 0.29) is 73.1 Å². The Kier molecular flexibility index (Phi) is 34.1. The molecule has 0 N–H and O–H groups in total. The fourth-order valence-corrected chi connectivity index (χ4v) is 0. The van der Waals surface area contributed by atoms with Gasteiger partial charge in [0.15, 0.2) is 0 Å². The van der Waals surface area contributed by atoms with Crippen LogP contribution in [0.25, 0.3) is 0 Å². The first-order valence-electron chi connectivity index (χ1n) is 3.09. The summed E-state index contributed by atoms with van der Waals surface area (Å²) in [7, 11) is 0. The summed E-state index contributed by atoms with van der Waals surface area (Å²) in [5.41, 5.74) is 0. The molecule has 0 aliphatic heterocycles. The van der Waals surface area contributed by atoms with Gasteiger partial charge in [-0.15, -0.1) is 0 Å². The molecule has 0 rings (SSSR count). The molecule has 27 heavy (non-hydrogen) atoms. The van der Waals surface area contributed by atoms with E-state index in [0.717, 1.165) is 0 Å². The molecule has 0 aliphatic carbocycles. The normalized spacial score (nSPS) is 10.6. The van der Waals surface area contributed by atoms with Crippen LogP contribution in [-0.2, 0) is 144 Å². The summed E-state index contributed by atoms with van der Waals surface area (Å²) in [4.78, 5) is 0. The van der Waals surface area contributed by atoms with E-state index in [1.165, 1.54) is 0 Å². The second kappa shape index (κ2) is 19.7. The molecule has 0 aromatic heterocycles. The second-order valence-corrected chi connectivity index (χ2v) is 7.79. The van der Waals surface area contributed by atoms with Crippen LogP contribution in [0.4, 0.5) is 0 Å². The van der Waals surface area contributed by atoms with Crippen LogP contribution in [0.1, 0.15) is 0 Å². The van der Waals surface area contributed by atoms with Crippen molar-refractivity contribution in [3.05, 3.63) is 0 Å². The molecule has 27 heteroatoms. The molecule has 0 fully saturated rings. The van der Waals surface area contributed by atoms with Gasteiger partial charge in [-0.3, -0.25) is 0 Å². The van der Waals surface area contributed by atoms with E-state index < -0.39 is 64.9 Å². The fourth-order valence-electron chi connectivity index (χ4n) is 0. The second-order valence-electron chi connectivity index (χ2n) is 1.89. The molecule has 0 amide bonds. The number of rotatable bonds is 0. The molecule has 0 saturated heterocycles. The Morgan fingerprint density at radius 2 is 0.296 bits per heavy atom. The monoisotopic (exact) mass is 682 g/mol. The van der Waals surface area contributed by atoms with Crippen molar-refractivity contribution in [1.29, 1.82) is 0 Å². The van der Waals surface area contributed by atoms with E-state index in [1.54, 1.807) is 0 Å². The Hall–Kier alpha value is 1.75. The summed E-state index contributed by atoms with van der Waals surface area (Å²) >= 11 is -28.1. The molecule has 0 bridgehead atoms. The van der Waals surface area contributed by atoms with Crippen molar-refractivity contribution in [2.75, 3.05) is 0 Å². The maximum Gasteiger partial charge on any atom is 4.00 e. The molecule has 20 nitrogen and oxygen atoms in total. The first kappa shape index (κ1) is 46.8. The Balaban J connectivity index is -0.0000000364. The molecule has 0 spiro atoms. The first-order chi connectivity index (χ1) is 10.0. The summed E-state index contributed by atoms with van der Waals surface area (Å²) < 4.78 is 172. The van der Waals surface area contributed by atoms with Gasteiger partial charge < -0.3 is 0 Å². The Labute approximate surface area is 212 Å². The van der Waals surface area contributed by atoms with Gasteiger partial charge in [0.1, 0.15) is 0 Å². The molecule has 0 atom stereocenters. The van der Waals surface area contributed by atoms with Crippen LogP contribution in [0.2, 0.25) is 0 Å². The van der Waals surface area contributed by atoms with Crippen LogP contribution >= 0.6 is 0 Å². The summed E-state index contributed by atoms with van der Waals surface area (Å²) in [5.74, 6) is 0. The van der Waals surface area contributed by atoms with Crippen LogP contribution in [0.15, 0.2) is 0 Å². The predicted octanol–water partition coefficient (Wildman–Crippen LogP) is -10.7. The summed E-state index contributed by atoms with van der Waals surface area (Å²) in [6.07, 6.45) is 0. The summed E-state index contributed by atoms with van der Waals surface area (Å²) in [6, 6.07) is 0. The third-order valence-electron chi connectivity index (χ3n) is 0. The zero-order chi connectivity index (χ0) is 22.5. The predicted molar refractivity (Wildman–Crippen MR) is 10.3 cm³/mol. The summed E-state index contributed by atoms with van der Waals surface area (Å²) in [6.45, 7) is 0. The van der Waals surface area contributed by atoms with Crippen LogP contribution < -0.4 is 72.3 Å². The minimum Gasteiger partial charge on any atom is 4.00 e. The van der Waals surface area contributed by atoms with Gasteiger partial charge in [0.2, 0.25) is 0 Å². The smallest absolute Gasteiger partial charge is 4.00 e. The van der Waals surface area contributed by atoms with Crippen LogP contribution in [0, 0.1) is 0 Å². The van der Waals surface area contributed by atoms with E-state index in [0.29, 0.717) is 0 Å². The molecule has 0 aliphatic rings. The number of hydrogen-bond acceptors (Lipinski definition) is 20. The molecule has 0 radical (unpaired) electrons. The van der Waals surface area contributed by atoms with E-state index in [1.807, 2.05) is 0 Å². The molecular formula is KMn5O20Ti. The SMILES string of the molecule is [K+].[O]=[Mn](=[O])(=[O])[O-].[O]=[Mn](=[O])(=[O])[O-].[O]=[Mn](=[O])(=[O])[O-].[O]=[Mn](=[O])(=[O])[O-].[O]=[Mn](=[O])(=[O])[O-].[Ti+4]. The standard InChI is InChI=1S/K.5Mn.20O.Ti/q+1;;;;;;;;;;;;;;;;;;;;;5*-1;+4. The third kappa shape index (κ3) is 6020. The Morgan fingerprint density at radius 1 is 0.296 bits per heavy atom. The van der Waals surface area contributed by atoms with Crippen molar-refractivity contribution in [2.24, 2.45) is 0 Å². The average Bonchev–Trinajstić information content (AvgIpc) is 1.79. The molecule has 0 aromatic carbocycles. The van der Waals surface area contributed by atoms with Gasteiger partial charge in [0.05, 0.1) is 0 Å². The first-order valence-corrected chi connectivity index (χ1v) is 12.7. The molecule has 0 heterocycles. The van der Waals surface area contributed by atoms with Crippen LogP contribution in [0.3, 0.4) is 0 Å². The van der Waals surface area contributed by atoms with Crippen LogP contribution in [0.5, 0.6) is 0 Å². The largest absolute Gasteiger partial charge is 4.00 e. The van der Waals surface area contributed by atoms with Gasteiger partial charge in [-0.25, -0.2) is 0 Å². The van der Waals surface area contributed by atoms with Crippen LogP contribution in [-0.4, -0.2) is 0 Å². The van der Waals surface area contributed by atoms with E-state index in [2.05, 4.69) is 0 Å². The summed E-state index contributed by atoms with van der Waals surface area (Å²) in [5, 5.41) is 0. The van der Waals surface area contributed by atoms with Crippen molar-refractivity contribution in [1.82, 2.24) is 0 Å². The number of hydrogen-bond donors (Lipinski definition) is 0. The maximum atomic E-state index is 8.58. The Morgan fingerprint density at radius 3 is 0.296 bits per heavy atom. The van der Waals surface area contributed by atoms with Crippen molar-refractivity contribution in [3.8, 4) is 0 Å². The molecular weight excluding hydrogens is 682 g/mol. The topological polar surface area (TPSA) is 371 Å². The molecule has 0 unspecified atom stereocenters. The maximum absolute atomic E-state index is 8.58. The quantitative estimate of drug-likeness (QED) is 0.214. The van der Waals surface area contributed by atoms with Gasteiger partial charge in [0, 0.05) is 0 Å². The third-order valence-corrected chi connectivity index (χ3v) is 0. The van der Waals surface area contributed by atoms with E-state index in [9.17, 15) is 0 Å². The zero-order valence-corrected chi connectivity index (χ0v) is 22.1. The molecule has 160 valence electrons. The van der Waals surface area contributed by atoms with Gasteiger partial charge in [-0.2, -0.15) is 0 Å². The zero-order valence-electron chi connectivity index (χ0n) is 11.6. The molecule has 0 aromatic rings. The Bertz CT molecular complexity index is 880. The van der Waals surface area contributed by atoms with Crippen molar-refractivity contribution >= 4 is 0 Å².